The van der Waals surface area contributed by atoms with Crippen LogP contribution in [0.3, 0.4) is 0 Å². The van der Waals surface area contributed by atoms with Gasteiger partial charge < -0.3 is 5.11 Å². The number of benzene rings is 1. The Bertz CT molecular complexity index is 506. The van der Waals surface area contributed by atoms with Crippen molar-refractivity contribution in [2.75, 3.05) is 0 Å². The van der Waals surface area contributed by atoms with Crippen LogP contribution in [0.25, 0.3) is 0 Å². The summed E-state index contributed by atoms with van der Waals surface area (Å²) in [6.45, 7) is 0. The van der Waals surface area contributed by atoms with Gasteiger partial charge in [-0.25, -0.2) is 4.39 Å². The fourth-order valence-electron chi connectivity index (χ4n) is 1.10. The first kappa shape index (κ1) is 8.18. The van der Waals surface area contributed by atoms with Gasteiger partial charge in [-0.2, -0.15) is 12.8 Å². The summed E-state index contributed by atoms with van der Waals surface area (Å²) >= 11 is 0. The number of hydrogen-bond acceptors (Lipinski definition) is 3. The van der Waals surface area contributed by atoms with Crippen LogP contribution in [0.15, 0.2) is 27.5 Å². The van der Waals surface area contributed by atoms with Crippen molar-refractivity contribution in [1.82, 2.24) is 0 Å². The molecule has 0 N–H and O–H groups in total. The molecule has 0 spiro atoms. The molecule has 0 atom stereocenters. The van der Waals surface area contributed by atoms with Gasteiger partial charge in [0, 0.05) is 11.5 Å². The Morgan fingerprint density at radius 3 is 2.77 bits per heavy atom. The van der Waals surface area contributed by atoms with Crippen molar-refractivity contribution >= 4 is 15.9 Å². The average Bonchev–Trinajstić information content (AvgIpc) is 2.22. The van der Waals surface area contributed by atoms with Gasteiger partial charge in [0.1, 0.15) is 5.82 Å². The highest BCUT2D eigenvalue weighted by Crippen LogP contribution is 2.24. The van der Waals surface area contributed by atoms with Crippen molar-refractivity contribution < 1.29 is 17.9 Å². The molecule has 0 fully saturated rings. The van der Waals surface area contributed by atoms with Crippen LogP contribution in [0.5, 0.6) is 0 Å². The van der Waals surface area contributed by atoms with E-state index in [4.69, 9.17) is 0 Å². The van der Waals surface area contributed by atoms with Crippen molar-refractivity contribution in [2.24, 2.45) is 4.40 Å². The summed E-state index contributed by atoms with van der Waals surface area (Å²) in [4.78, 5) is -0.223. The lowest BCUT2D eigenvalue weighted by Crippen LogP contribution is -2.16. The van der Waals surface area contributed by atoms with Crippen LogP contribution in [0.4, 0.5) is 4.39 Å². The number of rotatable bonds is 0. The third-order valence-corrected chi connectivity index (χ3v) is 2.97. The van der Waals surface area contributed by atoms with Crippen molar-refractivity contribution in [1.29, 1.82) is 0 Å². The van der Waals surface area contributed by atoms with Crippen molar-refractivity contribution in [3.8, 4) is 0 Å². The molecule has 1 aliphatic rings. The van der Waals surface area contributed by atoms with Gasteiger partial charge in [0.05, 0.1) is 4.90 Å². The molecule has 1 aliphatic heterocycles. The molecular formula is C7H3FNO3S-. The minimum atomic E-state index is -3.86. The van der Waals surface area contributed by atoms with Gasteiger partial charge in [0.2, 0.25) is 0 Å². The highest BCUT2D eigenvalue weighted by atomic mass is 32.2. The van der Waals surface area contributed by atoms with Gasteiger partial charge in [0.25, 0.3) is 10.0 Å². The summed E-state index contributed by atoms with van der Waals surface area (Å²) in [5.41, 5.74) is -0.194. The summed E-state index contributed by atoms with van der Waals surface area (Å²) in [5, 5.41) is 10.9. The topological polar surface area (TPSA) is 69.6 Å². The van der Waals surface area contributed by atoms with Gasteiger partial charge in [-0.15, -0.1) is 0 Å². The second kappa shape index (κ2) is 2.29. The van der Waals surface area contributed by atoms with Crippen molar-refractivity contribution in [3.63, 3.8) is 0 Å². The fraction of sp³-hybridized carbons (Fsp3) is 0. The van der Waals surface area contributed by atoms with Gasteiger partial charge in [-0.3, -0.25) is 0 Å². The molecule has 0 amide bonds. The van der Waals surface area contributed by atoms with Gasteiger partial charge >= 0.3 is 0 Å². The van der Waals surface area contributed by atoms with Crippen LogP contribution >= 0.6 is 0 Å². The number of halogens is 1. The minimum absolute atomic E-state index is 0.194. The quantitative estimate of drug-likeness (QED) is 0.574. The van der Waals surface area contributed by atoms with E-state index in [1.54, 1.807) is 0 Å². The molecule has 0 aromatic heterocycles. The van der Waals surface area contributed by atoms with E-state index < -0.39 is 21.7 Å². The first-order valence-electron chi connectivity index (χ1n) is 3.32. The molecule has 0 radical (unpaired) electrons. The first-order valence-corrected chi connectivity index (χ1v) is 4.76. The van der Waals surface area contributed by atoms with E-state index in [2.05, 4.69) is 4.40 Å². The van der Waals surface area contributed by atoms with Crippen LogP contribution in [0, 0.1) is 5.82 Å². The molecule has 13 heavy (non-hydrogen) atoms. The monoisotopic (exact) mass is 200 g/mol. The molecule has 2 rings (SSSR count). The van der Waals surface area contributed by atoms with Crippen molar-refractivity contribution in [2.45, 2.75) is 4.90 Å². The van der Waals surface area contributed by atoms with E-state index in [1.807, 2.05) is 0 Å². The predicted octanol–water partition coefficient (Wildman–Crippen LogP) is -0.365. The first-order chi connectivity index (χ1) is 6.00. The zero-order chi connectivity index (χ0) is 9.64. The molecule has 0 unspecified atom stereocenters. The lowest BCUT2D eigenvalue weighted by atomic mass is 10.2. The predicted molar refractivity (Wildman–Crippen MR) is 40.1 cm³/mol. The Hall–Kier alpha value is -1.43. The third kappa shape index (κ3) is 1.10. The zero-order valence-electron chi connectivity index (χ0n) is 6.19. The van der Waals surface area contributed by atoms with E-state index in [0.717, 1.165) is 18.2 Å². The maximum absolute atomic E-state index is 12.6. The highest BCUT2D eigenvalue weighted by Gasteiger charge is 2.24. The summed E-state index contributed by atoms with van der Waals surface area (Å²) in [6, 6.07) is 2.88. The Morgan fingerprint density at radius 2 is 2.08 bits per heavy atom. The van der Waals surface area contributed by atoms with Crippen LogP contribution in [-0.2, 0) is 10.0 Å². The van der Waals surface area contributed by atoms with Crippen LogP contribution in [-0.4, -0.2) is 14.3 Å². The second-order valence-electron chi connectivity index (χ2n) is 2.51. The maximum Gasteiger partial charge on any atom is 0.282 e. The summed E-state index contributed by atoms with van der Waals surface area (Å²) in [6.07, 6.45) is 0. The molecule has 0 saturated heterocycles. The molecule has 0 saturated carbocycles. The smallest absolute Gasteiger partial charge is 0.282 e. The molecule has 4 nitrogen and oxygen atoms in total. The Balaban J connectivity index is 2.82. The normalized spacial score (nSPS) is 18.1. The van der Waals surface area contributed by atoms with Gasteiger partial charge in [-0.1, -0.05) is 0 Å². The van der Waals surface area contributed by atoms with Crippen LogP contribution < -0.4 is 5.11 Å². The molecule has 68 valence electrons. The largest absolute Gasteiger partial charge is 0.858 e. The Morgan fingerprint density at radius 1 is 1.38 bits per heavy atom. The second-order valence-corrected chi connectivity index (χ2v) is 4.08. The van der Waals surface area contributed by atoms with Gasteiger partial charge in [-0.05, 0) is 18.2 Å². The maximum atomic E-state index is 12.6. The van der Waals surface area contributed by atoms with E-state index in [-0.39, 0.29) is 10.5 Å². The lowest BCUT2D eigenvalue weighted by Gasteiger charge is -2.03. The summed E-state index contributed by atoms with van der Waals surface area (Å²) < 4.78 is 37.6. The average molecular weight is 200 g/mol. The third-order valence-electron chi connectivity index (χ3n) is 1.65. The SMILES string of the molecule is O=S1(=O)N=C([O-])c2cc(F)ccc21. The minimum Gasteiger partial charge on any atom is -0.858 e. The van der Waals surface area contributed by atoms with E-state index in [9.17, 15) is 17.9 Å². The van der Waals surface area contributed by atoms with Crippen molar-refractivity contribution in [3.05, 3.63) is 29.6 Å². The molecule has 6 heteroatoms. The summed E-state index contributed by atoms with van der Waals surface area (Å²) in [7, 11) is -3.86. The number of fused-ring (bicyclic) bond motifs is 1. The Labute approximate surface area is 73.4 Å². The fourth-order valence-corrected chi connectivity index (χ4v) is 2.18. The lowest BCUT2D eigenvalue weighted by molar-refractivity contribution is -0.212. The molecule has 0 aliphatic carbocycles. The number of nitrogens with zero attached hydrogens (tertiary/aromatic N) is 1. The van der Waals surface area contributed by atoms with E-state index in [1.165, 1.54) is 0 Å². The van der Waals surface area contributed by atoms with E-state index >= 15 is 0 Å². The molecular weight excluding hydrogens is 197 g/mol. The number of hydrogen-bond donors (Lipinski definition) is 0. The molecule has 0 bridgehead atoms. The van der Waals surface area contributed by atoms with Crippen LogP contribution in [0.2, 0.25) is 0 Å². The van der Waals surface area contributed by atoms with Gasteiger partial charge in [0.15, 0.2) is 0 Å². The number of sulfonamides is 1. The standard InChI is InChI=1S/C7H4FNO3S/c8-4-1-2-6-5(3-4)7(10)9-13(6,11)12/h1-3H,(H,9,10)/p-1. The zero-order valence-corrected chi connectivity index (χ0v) is 7.01. The molecule has 1 heterocycles. The highest BCUT2D eigenvalue weighted by molar-refractivity contribution is 7.90. The van der Waals surface area contributed by atoms with E-state index in [0.29, 0.717) is 0 Å². The van der Waals surface area contributed by atoms with Crippen LogP contribution in [0.1, 0.15) is 5.56 Å². The summed E-state index contributed by atoms with van der Waals surface area (Å²) in [5.74, 6) is -1.56. The Kier molecular flexibility index (Phi) is 1.44. The molecule has 1 aromatic rings. The molecule has 1 aromatic carbocycles.